The molecule has 1 aromatic carbocycles. The average molecular weight is 269 g/mol. The van der Waals surface area contributed by atoms with E-state index < -0.39 is 5.91 Å². The van der Waals surface area contributed by atoms with Gasteiger partial charge in [-0.1, -0.05) is 17.7 Å². The van der Waals surface area contributed by atoms with Crippen molar-refractivity contribution in [1.82, 2.24) is 4.90 Å². The summed E-state index contributed by atoms with van der Waals surface area (Å²) in [6, 6.07) is 5.10. The number of nitrogens with zero attached hydrogens (tertiary/aromatic N) is 1. The van der Waals surface area contributed by atoms with E-state index in [0.717, 1.165) is 24.9 Å². The molecule has 1 aliphatic heterocycles. The van der Waals surface area contributed by atoms with Crippen LogP contribution in [0.5, 0.6) is 0 Å². The van der Waals surface area contributed by atoms with Crippen LogP contribution in [0.3, 0.4) is 0 Å². The molecule has 0 bridgehead atoms. The van der Waals surface area contributed by atoms with Gasteiger partial charge >= 0.3 is 0 Å². The second-order valence-corrected chi connectivity index (χ2v) is 5.11. The summed E-state index contributed by atoms with van der Waals surface area (Å²) in [6.07, 6.45) is 1.62. The molecular formula is C13H17ClN2O2. The highest BCUT2D eigenvalue weighted by Gasteiger charge is 2.18. The number of piperidine rings is 1. The molecule has 0 aromatic heterocycles. The van der Waals surface area contributed by atoms with Crippen molar-refractivity contribution >= 4 is 17.5 Å². The Morgan fingerprint density at radius 3 is 2.94 bits per heavy atom. The van der Waals surface area contributed by atoms with Crippen molar-refractivity contribution in [2.24, 2.45) is 5.73 Å². The highest BCUT2D eigenvalue weighted by Crippen LogP contribution is 2.21. The van der Waals surface area contributed by atoms with Gasteiger partial charge in [-0.3, -0.25) is 9.69 Å². The summed E-state index contributed by atoms with van der Waals surface area (Å²) in [4.78, 5) is 13.2. The predicted molar refractivity (Wildman–Crippen MR) is 70.5 cm³/mol. The topological polar surface area (TPSA) is 66.6 Å². The molecule has 3 N–H and O–H groups in total. The summed E-state index contributed by atoms with van der Waals surface area (Å²) in [7, 11) is 0. The fourth-order valence-electron chi connectivity index (χ4n) is 2.24. The Labute approximate surface area is 111 Å². The van der Waals surface area contributed by atoms with E-state index in [1.54, 1.807) is 12.1 Å². The Kier molecular flexibility index (Phi) is 4.22. The lowest BCUT2D eigenvalue weighted by Gasteiger charge is -2.30. The van der Waals surface area contributed by atoms with Gasteiger partial charge in [-0.2, -0.15) is 0 Å². The van der Waals surface area contributed by atoms with Crippen molar-refractivity contribution in [3.63, 3.8) is 0 Å². The van der Waals surface area contributed by atoms with Crippen LogP contribution in [0.1, 0.15) is 28.8 Å². The number of β-amino-alcohol motifs (C(OH)–C–C–N with tert-alkyl or cyclic N) is 1. The number of carbonyl (C=O) groups excluding carboxylic acids is 1. The number of rotatable bonds is 3. The Balaban J connectivity index is 2.07. The molecular weight excluding hydrogens is 252 g/mol. The number of carbonyl (C=O) groups is 1. The number of amides is 1. The second-order valence-electron chi connectivity index (χ2n) is 4.70. The summed E-state index contributed by atoms with van der Waals surface area (Å²) in [5.41, 5.74) is 6.57. The zero-order chi connectivity index (χ0) is 13.1. The molecule has 1 fully saturated rings. The lowest BCUT2D eigenvalue weighted by atomic mass is 10.1. The molecule has 1 unspecified atom stereocenters. The standard InChI is InChI=1S/C13H17ClN2O2/c14-12-6-9(13(15)18)3-4-10(12)7-16-5-1-2-11(17)8-16/h3-4,6,11,17H,1-2,5,7-8H2,(H2,15,18). The number of hydrogen-bond donors (Lipinski definition) is 2. The van der Waals surface area contributed by atoms with Gasteiger partial charge in [0, 0.05) is 23.7 Å². The highest BCUT2D eigenvalue weighted by atomic mass is 35.5. The van der Waals surface area contributed by atoms with Crippen LogP contribution in [0.2, 0.25) is 5.02 Å². The van der Waals surface area contributed by atoms with Crippen LogP contribution in [0.4, 0.5) is 0 Å². The number of likely N-dealkylation sites (tertiary alicyclic amines) is 1. The minimum atomic E-state index is -0.475. The van der Waals surface area contributed by atoms with Crippen LogP contribution in [-0.4, -0.2) is 35.1 Å². The minimum absolute atomic E-state index is 0.248. The molecule has 0 aliphatic carbocycles. The van der Waals surface area contributed by atoms with Crippen LogP contribution >= 0.6 is 11.6 Å². The van der Waals surface area contributed by atoms with E-state index in [-0.39, 0.29) is 6.10 Å². The van der Waals surface area contributed by atoms with E-state index in [1.165, 1.54) is 0 Å². The molecule has 5 heteroatoms. The van der Waals surface area contributed by atoms with E-state index in [0.29, 0.717) is 23.7 Å². The molecule has 18 heavy (non-hydrogen) atoms. The molecule has 1 aromatic rings. The second kappa shape index (κ2) is 5.69. The first-order valence-corrected chi connectivity index (χ1v) is 6.42. The molecule has 0 saturated carbocycles. The maximum absolute atomic E-state index is 11.0. The van der Waals surface area contributed by atoms with E-state index in [4.69, 9.17) is 17.3 Å². The quantitative estimate of drug-likeness (QED) is 0.871. The number of hydrogen-bond acceptors (Lipinski definition) is 3. The van der Waals surface area contributed by atoms with Crippen molar-refractivity contribution in [2.45, 2.75) is 25.5 Å². The molecule has 0 radical (unpaired) electrons. The first kappa shape index (κ1) is 13.3. The van der Waals surface area contributed by atoms with E-state index in [2.05, 4.69) is 4.90 Å². The molecule has 1 aliphatic rings. The molecule has 1 amide bonds. The van der Waals surface area contributed by atoms with Gasteiger partial charge < -0.3 is 10.8 Å². The molecule has 0 spiro atoms. The fourth-order valence-corrected chi connectivity index (χ4v) is 2.48. The molecule has 1 atom stereocenters. The summed E-state index contributed by atoms with van der Waals surface area (Å²) >= 11 is 6.13. The van der Waals surface area contributed by atoms with Crippen molar-refractivity contribution in [2.75, 3.05) is 13.1 Å². The van der Waals surface area contributed by atoms with Crippen molar-refractivity contribution in [1.29, 1.82) is 0 Å². The third-order valence-corrected chi connectivity index (χ3v) is 3.56. The third kappa shape index (κ3) is 3.22. The van der Waals surface area contributed by atoms with Gasteiger partial charge in [0.1, 0.15) is 0 Å². The monoisotopic (exact) mass is 268 g/mol. The number of aliphatic hydroxyl groups is 1. The summed E-state index contributed by atoms with van der Waals surface area (Å²) < 4.78 is 0. The van der Waals surface area contributed by atoms with Gasteiger partial charge in [-0.15, -0.1) is 0 Å². The number of benzene rings is 1. The maximum atomic E-state index is 11.0. The summed E-state index contributed by atoms with van der Waals surface area (Å²) in [6.45, 7) is 2.33. The molecule has 4 nitrogen and oxygen atoms in total. The zero-order valence-electron chi connectivity index (χ0n) is 10.1. The normalized spacial score (nSPS) is 20.9. The van der Waals surface area contributed by atoms with E-state index in [1.807, 2.05) is 6.07 Å². The first-order valence-electron chi connectivity index (χ1n) is 6.05. The van der Waals surface area contributed by atoms with Gasteiger partial charge in [0.05, 0.1) is 6.10 Å². The van der Waals surface area contributed by atoms with Gasteiger partial charge in [-0.05, 0) is 37.1 Å². The maximum Gasteiger partial charge on any atom is 0.248 e. The molecule has 2 rings (SSSR count). The van der Waals surface area contributed by atoms with Crippen molar-refractivity contribution < 1.29 is 9.90 Å². The Morgan fingerprint density at radius 1 is 1.56 bits per heavy atom. The van der Waals surface area contributed by atoms with Gasteiger partial charge in [-0.25, -0.2) is 0 Å². The van der Waals surface area contributed by atoms with Crippen molar-refractivity contribution in [3.05, 3.63) is 34.3 Å². The molecule has 1 saturated heterocycles. The summed E-state index contributed by atoms with van der Waals surface area (Å²) in [5, 5.41) is 10.2. The summed E-state index contributed by atoms with van der Waals surface area (Å²) in [5.74, 6) is -0.475. The molecule has 98 valence electrons. The smallest absolute Gasteiger partial charge is 0.248 e. The fraction of sp³-hybridized carbons (Fsp3) is 0.462. The zero-order valence-corrected chi connectivity index (χ0v) is 10.9. The Hall–Kier alpha value is -1.10. The van der Waals surface area contributed by atoms with Crippen LogP contribution in [0.25, 0.3) is 0 Å². The van der Waals surface area contributed by atoms with Crippen LogP contribution in [0.15, 0.2) is 18.2 Å². The van der Waals surface area contributed by atoms with E-state index in [9.17, 15) is 9.90 Å². The van der Waals surface area contributed by atoms with E-state index >= 15 is 0 Å². The minimum Gasteiger partial charge on any atom is -0.392 e. The molecule has 1 heterocycles. The Morgan fingerprint density at radius 2 is 2.33 bits per heavy atom. The lowest BCUT2D eigenvalue weighted by molar-refractivity contribution is 0.0668. The number of aliphatic hydroxyl groups excluding tert-OH is 1. The Bertz CT molecular complexity index is 451. The van der Waals surface area contributed by atoms with Gasteiger partial charge in [0.25, 0.3) is 0 Å². The van der Waals surface area contributed by atoms with Crippen molar-refractivity contribution in [3.8, 4) is 0 Å². The highest BCUT2D eigenvalue weighted by molar-refractivity contribution is 6.31. The number of primary amides is 1. The van der Waals surface area contributed by atoms with Crippen LogP contribution in [0, 0.1) is 0 Å². The van der Waals surface area contributed by atoms with Gasteiger partial charge in [0.2, 0.25) is 5.91 Å². The average Bonchev–Trinajstić information content (AvgIpc) is 2.31. The van der Waals surface area contributed by atoms with Crippen LogP contribution in [-0.2, 0) is 6.54 Å². The van der Waals surface area contributed by atoms with Crippen LogP contribution < -0.4 is 5.73 Å². The predicted octanol–water partition coefficient (Wildman–Crippen LogP) is 1.40. The number of halogens is 1. The third-order valence-electron chi connectivity index (χ3n) is 3.21. The van der Waals surface area contributed by atoms with Gasteiger partial charge in [0.15, 0.2) is 0 Å². The number of nitrogens with two attached hydrogens (primary N) is 1. The first-order chi connectivity index (χ1) is 8.56. The lowest BCUT2D eigenvalue weighted by Crippen LogP contribution is -2.37. The largest absolute Gasteiger partial charge is 0.392 e. The SMILES string of the molecule is NC(=O)c1ccc(CN2CCCC(O)C2)c(Cl)c1.